The Kier molecular flexibility index (Phi) is 7.04. The van der Waals surface area contributed by atoms with Gasteiger partial charge in [-0.3, -0.25) is 4.79 Å². The zero-order valence-corrected chi connectivity index (χ0v) is 15.7. The molecule has 0 aliphatic rings. The van der Waals surface area contributed by atoms with Crippen LogP contribution >= 0.6 is 0 Å². The number of carbonyl (C=O) groups is 1. The van der Waals surface area contributed by atoms with Crippen LogP contribution in [0.1, 0.15) is 37.1 Å². The van der Waals surface area contributed by atoms with Crippen molar-refractivity contribution in [3.8, 4) is 0 Å². The van der Waals surface area contributed by atoms with Crippen LogP contribution in [-0.2, 0) is 33.8 Å². The van der Waals surface area contributed by atoms with E-state index in [0.29, 0.717) is 19.0 Å². The minimum Gasteiger partial charge on any atom is -0.469 e. The van der Waals surface area contributed by atoms with Crippen molar-refractivity contribution < 1.29 is 18.8 Å². The Bertz CT molecular complexity index is 853. The molecule has 0 atom stereocenters. The maximum Gasteiger partial charge on any atom is 0.307 e. The summed E-state index contributed by atoms with van der Waals surface area (Å²) in [4.78, 5) is 11.0. The Balaban J connectivity index is 1.31. The number of hydrogen-bond donors (Lipinski definition) is 0. The normalized spacial score (nSPS) is 11.1. The predicted octanol–water partition coefficient (Wildman–Crippen LogP) is 4.12. The van der Waals surface area contributed by atoms with Gasteiger partial charge in [0.05, 0.1) is 25.8 Å². The van der Waals surface area contributed by atoms with Gasteiger partial charge in [0.2, 0.25) is 0 Å². The lowest BCUT2D eigenvalue weighted by molar-refractivity contribution is -0.142. The first-order valence-corrected chi connectivity index (χ1v) is 9.39. The zero-order chi connectivity index (χ0) is 18.9. The van der Waals surface area contributed by atoms with Gasteiger partial charge in [-0.05, 0) is 36.8 Å². The van der Waals surface area contributed by atoms with Crippen LogP contribution in [0.4, 0.5) is 0 Å². The fourth-order valence-electron chi connectivity index (χ4n) is 3.07. The lowest BCUT2D eigenvalue weighted by Gasteiger charge is -2.05. The van der Waals surface area contributed by atoms with Crippen LogP contribution in [0.3, 0.4) is 0 Å². The number of nitrogens with zero attached hydrogens (tertiary/aromatic N) is 2. The molecule has 27 heavy (non-hydrogen) atoms. The third kappa shape index (κ3) is 5.69. The predicted molar refractivity (Wildman–Crippen MR) is 102 cm³/mol. The highest BCUT2D eigenvalue weighted by Gasteiger charge is 2.06. The Hall–Kier alpha value is -2.60. The number of rotatable bonds is 11. The minimum atomic E-state index is -0.277. The summed E-state index contributed by atoms with van der Waals surface area (Å²) in [5, 5.41) is 5.38. The smallest absolute Gasteiger partial charge is 0.307 e. The molecule has 0 aliphatic heterocycles. The van der Waals surface area contributed by atoms with Gasteiger partial charge in [0.15, 0.2) is 5.76 Å². The van der Waals surface area contributed by atoms with Crippen molar-refractivity contribution in [3.05, 3.63) is 54.0 Å². The van der Waals surface area contributed by atoms with E-state index in [1.54, 1.807) is 0 Å². The Morgan fingerprint density at radius 1 is 1.19 bits per heavy atom. The van der Waals surface area contributed by atoms with Crippen LogP contribution in [0.2, 0.25) is 0 Å². The molecule has 2 heterocycles. The molecule has 0 fully saturated rings. The molecule has 0 saturated heterocycles. The Morgan fingerprint density at radius 3 is 2.96 bits per heavy atom. The lowest BCUT2D eigenvalue weighted by Crippen LogP contribution is -2.05. The Labute approximate surface area is 159 Å². The molecule has 0 aliphatic carbocycles. The van der Waals surface area contributed by atoms with Gasteiger partial charge in [-0.25, -0.2) is 0 Å². The molecule has 2 aromatic heterocycles. The minimum absolute atomic E-state index is 0.244. The van der Waals surface area contributed by atoms with Crippen molar-refractivity contribution in [1.82, 2.24) is 9.72 Å². The van der Waals surface area contributed by atoms with Gasteiger partial charge in [-0.1, -0.05) is 29.8 Å². The van der Waals surface area contributed by atoms with Gasteiger partial charge >= 0.3 is 5.97 Å². The summed E-state index contributed by atoms with van der Waals surface area (Å²) in [5.74, 6) is 0.412. The molecule has 144 valence electrons. The van der Waals surface area contributed by atoms with Crippen LogP contribution in [0, 0.1) is 0 Å². The number of aromatic nitrogens is 2. The summed E-state index contributed by atoms with van der Waals surface area (Å²) in [7, 11) is 1.37. The third-order valence-corrected chi connectivity index (χ3v) is 4.54. The molecular formula is C21H26N2O4. The second kappa shape index (κ2) is 9.92. The lowest BCUT2D eigenvalue weighted by atomic mass is 10.1. The van der Waals surface area contributed by atoms with Crippen LogP contribution in [-0.4, -0.2) is 29.4 Å². The molecule has 0 radical (unpaired) electrons. The largest absolute Gasteiger partial charge is 0.469 e. The van der Waals surface area contributed by atoms with Gasteiger partial charge in [-0.2, -0.15) is 0 Å². The topological polar surface area (TPSA) is 66.5 Å². The number of aryl methyl sites for hydroxylation is 2. The maximum absolute atomic E-state index is 11.0. The molecule has 0 saturated carbocycles. The molecule has 0 unspecified atom stereocenters. The maximum atomic E-state index is 11.0. The number of hydrogen-bond acceptors (Lipinski definition) is 5. The van der Waals surface area contributed by atoms with Gasteiger partial charge < -0.3 is 18.6 Å². The van der Waals surface area contributed by atoms with E-state index in [2.05, 4.69) is 51.0 Å². The fourth-order valence-corrected chi connectivity index (χ4v) is 3.07. The highest BCUT2D eigenvalue weighted by atomic mass is 16.5. The summed E-state index contributed by atoms with van der Waals surface area (Å²) < 4.78 is 17.5. The summed E-state index contributed by atoms with van der Waals surface area (Å²) in [6.45, 7) is 1.67. The van der Waals surface area contributed by atoms with Gasteiger partial charge in [0, 0.05) is 24.3 Å². The van der Waals surface area contributed by atoms with E-state index < -0.39 is 0 Å². The average Bonchev–Trinajstić information content (AvgIpc) is 3.32. The molecule has 1 aromatic carbocycles. The number of esters is 1. The van der Waals surface area contributed by atoms with E-state index in [1.165, 1.54) is 18.0 Å². The van der Waals surface area contributed by atoms with Crippen molar-refractivity contribution in [1.29, 1.82) is 0 Å². The van der Waals surface area contributed by atoms with Crippen molar-refractivity contribution in [2.75, 3.05) is 13.7 Å². The standard InChI is InChI=1S/C21H26N2O4/c1-25-21(24)11-14-26-16-19-15-18(22-27-19)8-3-2-6-12-23-13-10-17-7-4-5-9-20(17)23/h4-5,7,9-10,13,15H,2-3,6,8,11-12,14,16H2,1H3. The SMILES string of the molecule is COC(=O)CCOCc1cc(CCCCCn2ccc3ccccc32)no1. The first-order chi connectivity index (χ1) is 13.3. The van der Waals surface area contributed by atoms with Crippen LogP contribution in [0.25, 0.3) is 10.9 Å². The second-order valence-electron chi connectivity index (χ2n) is 6.54. The quantitative estimate of drug-likeness (QED) is 0.375. The number of unbranched alkanes of at least 4 members (excludes halogenated alkanes) is 2. The molecule has 0 bridgehead atoms. The zero-order valence-electron chi connectivity index (χ0n) is 15.7. The molecule has 0 N–H and O–H groups in total. The van der Waals surface area contributed by atoms with Crippen molar-refractivity contribution in [2.24, 2.45) is 0 Å². The number of carbonyl (C=O) groups excluding carboxylic acids is 1. The molecule has 0 spiro atoms. The number of ether oxygens (including phenoxy) is 2. The summed E-state index contributed by atoms with van der Waals surface area (Å²) >= 11 is 0. The van der Waals surface area contributed by atoms with Crippen molar-refractivity contribution in [2.45, 2.75) is 45.3 Å². The Morgan fingerprint density at radius 2 is 2.07 bits per heavy atom. The van der Waals surface area contributed by atoms with Crippen molar-refractivity contribution in [3.63, 3.8) is 0 Å². The molecular weight excluding hydrogens is 344 g/mol. The molecule has 6 heteroatoms. The number of methoxy groups -OCH3 is 1. The fraction of sp³-hybridized carbons (Fsp3) is 0.429. The van der Waals surface area contributed by atoms with E-state index >= 15 is 0 Å². The summed E-state index contributed by atoms with van der Waals surface area (Å²) in [6.07, 6.45) is 6.67. The number of fused-ring (bicyclic) bond motifs is 1. The summed E-state index contributed by atoms with van der Waals surface area (Å²) in [5.41, 5.74) is 2.25. The number of benzene rings is 1. The first-order valence-electron chi connectivity index (χ1n) is 9.39. The monoisotopic (exact) mass is 370 g/mol. The number of para-hydroxylation sites is 1. The van der Waals surface area contributed by atoms with E-state index in [-0.39, 0.29) is 12.4 Å². The van der Waals surface area contributed by atoms with Gasteiger partial charge in [0.25, 0.3) is 0 Å². The van der Waals surface area contributed by atoms with Crippen LogP contribution in [0.5, 0.6) is 0 Å². The molecule has 6 nitrogen and oxygen atoms in total. The van der Waals surface area contributed by atoms with Gasteiger partial charge in [-0.15, -0.1) is 0 Å². The van der Waals surface area contributed by atoms with E-state index in [9.17, 15) is 4.79 Å². The third-order valence-electron chi connectivity index (χ3n) is 4.54. The van der Waals surface area contributed by atoms with E-state index in [4.69, 9.17) is 9.26 Å². The van der Waals surface area contributed by atoms with Crippen LogP contribution < -0.4 is 0 Å². The first kappa shape index (κ1) is 19.2. The highest BCUT2D eigenvalue weighted by molar-refractivity contribution is 5.79. The van der Waals surface area contributed by atoms with Crippen molar-refractivity contribution >= 4 is 16.9 Å². The average molecular weight is 370 g/mol. The second-order valence-corrected chi connectivity index (χ2v) is 6.54. The molecule has 3 rings (SSSR count). The molecule has 3 aromatic rings. The summed E-state index contributed by atoms with van der Waals surface area (Å²) in [6, 6.07) is 12.6. The van der Waals surface area contributed by atoms with Gasteiger partial charge in [0.1, 0.15) is 6.61 Å². The van der Waals surface area contributed by atoms with Crippen LogP contribution in [0.15, 0.2) is 47.1 Å². The van der Waals surface area contributed by atoms with E-state index in [1.807, 2.05) is 6.07 Å². The highest BCUT2D eigenvalue weighted by Crippen LogP contribution is 2.16. The van der Waals surface area contributed by atoms with E-state index in [0.717, 1.165) is 37.9 Å². The molecule has 0 amide bonds.